The Kier molecular flexibility index (Phi) is 54.1. The van der Waals surface area contributed by atoms with E-state index in [2.05, 4.69) is 30.8 Å². The summed E-state index contributed by atoms with van der Waals surface area (Å²) in [5.41, 5.74) is 0.695. The molecule has 40 nitrogen and oxygen atoms in total. The quantitative estimate of drug-likeness (QED) is 0.0243. The highest BCUT2D eigenvalue weighted by Gasteiger charge is 2.41. The van der Waals surface area contributed by atoms with Crippen LogP contribution in [0.4, 0.5) is 30.2 Å². The lowest BCUT2D eigenvalue weighted by atomic mass is 9.95. The van der Waals surface area contributed by atoms with Gasteiger partial charge in [-0.25, -0.2) is 22.9 Å². The van der Waals surface area contributed by atoms with Crippen LogP contribution in [0.1, 0.15) is 70.9 Å². The van der Waals surface area contributed by atoms with Crippen LogP contribution in [0.2, 0.25) is 0 Å². The molecule has 0 radical (unpaired) electrons. The Labute approximate surface area is 817 Å². The van der Waals surface area contributed by atoms with Gasteiger partial charge in [0.25, 0.3) is 5.91 Å². The predicted octanol–water partition coefficient (Wildman–Crippen LogP) is 5.57. The number of hydrogen-bond donors (Lipinski definition) is 3. The van der Waals surface area contributed by atoms with Crippen molar-refractivity contribution in [3.63, 3.8) is 0 Å². The lowest BCUT2D eigenvalue weighted by Gasteiger charge is -2.40. The summed E-state index contributed by atoms with van der Waals surface area (Å²) in [6, 6.07) is 16.2. The molecule has 3 aromatic carbocycles. The maximum absolute atomic E-state index is 16.6. The van der Waals surface area contributed by atoms with Crippen molar-refractivity contribution in [1.29, 1.82) is 0 Å². The number of aromatic nitrogens is 2. The minimum atomic E-state index is -4.54. The van der Waals surface area contributed by atoms with Crippen LogP contribution in [0, 0.1) is 17.6 Å². The third-order valence-electron chi connectivity index (χ3n) is 23.3. The second-order valence-corrected chi connectivity index (χ2v) is 35.1. The summed E-state index contributed by atoms with van der Waals surface area (Å²) in [4.78, 5) is 79.1. The standard InChI is InChI=1S/C96H144F3N9O31S/c1-96(95(113)114,139-66-65-138-64-63-137-62-61-136-60-59-135-58-57-134-56-55-133-54-53-132-52-51-131-50-49-130-48-47-129-46-45-128-44-43-127-42-41-126-40-39-125-38-37-124-36-35-123-34-33-122-32-31-121-30-29-120-28-27-119-26-25-118-24-23-117-2)74-106-73-84(91(110)89-85(98)9-10-86(90(89)99)102-140(115,116)107-18-15-79(97)72-107)83-68-77(69-100-92(83)106)76-3-5-80(6-4-76)105-21-19-103(20-22-105)70-75-13-16-104(17-14-75)81-7-8-82-78(67-81)71-108(94(82)112)87-11-12-88(109)101-93(87)111/h3-10,67-69,73,75,79,87,102H,11-66,70-72,74H2,1-2H3,(H,113,114)(H,101,109,111)/t79-,87?,96?/m1/s1. The highest BCUT2D eigenvalue weighted by Crippen LogP contribution is 2.36. The molecule has 0 bridgehead atoms. The highest BCUT2D eigenvalue weighted by molar-refractivity contribution is 7.90. The van der Waals surface area contributed by atoms with Crippen LogP contribution in [-0.2, 0) is 147 Å². The van der Waals surface area contributed by atoms with Gasteiger partial charge in [-0.15, -0.1) is 0 Å². The molecule has 2 unspecified atom stereocenters. The van der Waals surface area contributed by atoms with Crippen LogP contribution >= 0.6 is 0 Å². The van der Waals surface area contributed by atoms with E-state index in [9.17, 15) is 41.9 Å². The molecule has 7 heterocycles. The molecular weight excluding hydrogens is 1860 g/mol. The number of piperazine rings is 1. The Morgan fingerprint density at radius 3 is 1.31 bits per heavy atom. The van der Waals surface area contributed by atoms with Gasteiger partial charge in [0, 0.05) is 125 Å². The Morgan fingerprint density at radius 1 is 0.493 bits per heavy atom. The first-order valence-electron chi connectivity index (χ1n) is 48.4. The molecule has 0 saturated carbocycles. The van der Waals surface area contributed by atoms with E-state index in [-0.39, 0.29) is 80.8 Å². The van der Waals surface area contributed by atoms with Crippen molar-refractivity contribution in [3.05, 3.63) is 107 Å². The van der Waals surface area contributed by atoms with Gasteiger partial charge in [0.05, 0.1) is 308 Å². The number of carbonyl (C=O) groups is 5. The number of carbonyl (C=O) groups excluding carboxylic acids is 4. The van der Waals surface area contributed by atoms with Gasteiger partial charge in [-0.3, -0.25) is 34.1 Å². The lowest BCUT2D eigenvalue weighted by molar-refractivity contribution is -0.167. The molecular formula is C96H144F3N9O31S. The zero-order valence-electron chi connectivity index (χ0n) is 81.0. The predicted molar refractivity (Wildman–Crippen MR) is 506 cm³/mol. The Balaban J connectivity index is 0.498. The number of alkyl halides is 1. The first-order chi connectivity index (χ1) is 68.4. The van der Waals surface area contributed by atoms with E-state index in [1.807, 2.05) is 36.4 Å². The molecule has 3 N–H and O–H groups in total. The third-order valence-corrected chi connectivity index (χ3v) is 24.8. The molecule has 5 aliphatic rings. The van der Waals surface area contributed by atoms with Gasteiger partial charge < -0.3 is 133 Å². The molecule has 5 aliphatic heterocycles. The maximum Gasteiger partial charge on any atom is 0.337 e. The number of amides is 3. The first kappa shape index (κ1) is 114. The minimum Gasteiger partial charge on any atom is -0.479 e. The summed E-state index contributed by atoms with van der Waals surface area (Å²) in [5, 5.41) is 13.1. The van der Waals surface area contributed by atoms with Crippen molar-refractivity contribution in [2.24, 2.45) is 5.92 Å². The molecule has 10 rings (SSSR count). The topological polar surface area (TPSA) is 410 Å². The van der Waals surface area contributed by atoms with Crippen molar-refractivity contribution >= 4 is 67.8 Å². The number of fused-ring (bicyclic) bond motifs is 2. The number of halogens is 3. The zero-order valence-corrected chi connectivity index (χ0v) is 81.8. The number of nitrogens with zero attached hydrogens (tertiary/aromatic N) is 7. The van der Waals surface area contributed by atoms with Gasteiger partial charge in [0.1, 0.15) is 23.7 Å². The molecule has 786 valence electrons. The lowest BCUT2D eigenvalue weighted by Crippen LogP contribution is -2.52. The Hall–Kier alpha value is -7.76. The van der Waals surface area contributed by atoms with Crippen molar-refractivity contribution in [1.82, 2.24) is 29.0 Å². The smallest absolute Gasteiger partial charge is 0.337 e. The number of rotatable bonds is 81. The van der Waals surface area contributed by atoms with Crippen LogP contribution in [0.5, 0.6) is 0 Å². The van der Waals surface area contributed by atoms with Gasteiger partial charge >= 0.3 is 16.2 Å². The monoisotopic (exact) mass is 2010 g/mol. The molecule has 3 atom stereocenters. The number of carboxylic acid groups (broad SMARTS) is 1. The van der Waals surface area contributed by atoms with E-state index in [1.165, 1.54) is 17.7 Å². The number of ether oxygens (including phenoxy) is 23. The molecule has 2 aromatic heterocycles. The molecule has 3 amide bonds. The fourth-order valence-corrected chi connectivity index (χ4v) is 17.0. The third kappa shape index (κ3) is 41.0. The molecule has 140 heavy (non-hydrogen) atoms. The number of piperidine rings is 2. The van der Waals surface area contributed by atoms with Crippen LogP contribution in [-0.4, -0.2) is 441 Å². The number of imide groups is 1. The minimum absolute atomic E-state index is 0.0269. The fourth-order valence-electron chi connectivity index (χ4n) is 15.7. The fraction of sp³-hybridized carbons (Fsp3) is 0.688. The van der Waals surface area contributed by atoms with Crippen molar-refractivity contribution < 1.29 is 160 Å². The van der Waals surface area contributed by atoms with Crippen molar-refractivity contribution in [2.45, 2.75) is 69.9 Å². The SMILES string of the molecule is COCCOCCOCCOCCOCCOCCOCCOCCOCCOCCOCCOCCOCCOCCOCCOCCOCCOCCOCCOCCOCCOCCOC(C)(Cn1cc(C(=O)c2c(F)ccc(NS(=O)(=O)N3CC[C@@H](F)C3)c2F)c2cc(-c3ccc(N4CCN(CC5CCN(c6ccc7c(c6)CN(C6CCC(=O)NC6=O)C7=O)CC5)CC4)cc3)cnc21)C(=O)O. The summed E-state index contributed by atoms with van der Waals surface area (Å²) in [7, 11) is -2.90. The summed E-state index contributed by atoms with van der Waals surface area (Å²) >= 11 is 0. The number of benzene rings is 3. The van der Waals surface area contributed by atoms with Gasteiger partial charge in [-0.1, -0.05) is 12.1 Å². The molecule has 4 saturated heterocycles. The van der Waals surface area contributed by atoms with E-state index >= 15 is 8.78 Å². The van der Waals surface area contributed by atoms with Gasteiger partial charge in [-0.05, 0) is 98.2 Å². The number of pyridine rings is 1. The Bertz CT molecular complexity index is 4490. The van der Waals surface area contributed by atoms with Gasteiger partial charge in [-0.2, -0.15) is 12.7 Å². The second-order valence-electron chi connectivity index (χ2n) is 33.5. The number of aliphatic carboxylic acids is 1. The number of methoxy groups -OCH3 is 1. The van der Waals surface area contributed by atoms with Crippen LogP contribution in [0.15, 0.2) is 73.1 Å². The van der Waals surface area contributed by atoms with Crippen LogP contribution in [0.25, 0.3) is 22.2 Å². The summed E-state index contributed by atoms with van der Waals surface area (Å²) in [6.45, 7) is 24.7. The first-order valence-corrected chi connectivity index (χ1v) is 49.9. The van der Waals surface area contributed by atoms with E-state index in [0.717, 1.165) is 92.0 Å². The summed E-state index contributed by atoms with van der Waals surface area (Å²) in [5.74, 6) is -5.84. The largest absolute Gasteiger partial charge is 0.479 e. The Morgan fingerprint density at radius 2 is 0.907 bits per heavy atom. The zero-order chi connectivity index (χ0) is 98.9. The molecule has 44 heteroatoms. The molecule has 5 aromatic rings. The van der Waals surface area contributed by atoms with Crippen LogP contribution in [0.3, 0.4) is 0 Å². The number of hydrogen-bond acceptors (Lipinski definition) is 34. The molecule has 0 spiro atoms. The second kappa shape index (κ2) is 66.3. The molecule has 0 aliphatic carbocycles. The van der Waals surface area contributed by atoms with E-state index in [1.54, 1.807) is 24.3 Å². The van der Waals surface area contributed by atoms with Gasteiger partial charge in [0.2, 0.25) is 17.6 Å². The van der Waals surface area contributed by atoms with E-state index < -0.39 is 81.7 Å². The summed E-state index contributed by atoms with van der Waals surface area (Å²) < 4.78 is 205. The summed E-state index contributed by atoms with van der Waals surface area (Å²) in [6.07, 6.45) is 3.80. The van der Waals surface area contributed by atoms with Crippen molar-refractivity contribution in [2.75, 3.05) is 371 Å². The average molecular weight is 2010 g/mol. The average Bonchev–Trinajstić information content (AvgIpc) is 1.60. The number of anilines is 3. The van der Waals surface area contributed by atoms with E-state index in [4.69, 9.17) is 114 Å². The normalized spacial score (nSPS) is 16.8. The molecule has 4 fully saturated rings. The van der Waals surface area contributed by atoms with Crippen LogP contribution < -0.4 is 19.8 Å². The number of carboxylic acids is 1. The maximum atomic E-state index is 16.6. The van der Waals surface area contributed by atoms with Crippen molar-refractivity contribution in [3.8, 4) is 11.1 Å². The highest BCUT2D eigenvalue weighted by atomic mass is 32.2. The number of nitrogens with one attached hydrogen (secondary N) is 2. The van der Waals surface area contributed by atoms with Gasteiger partial charge in [0.15, 0.2) is 11.4 Å². The number of ketones is 1. The van der Waals surface area contributed by atoms with E-state index in [0.29, 0.717) is 293 Å².